The van der Waals surface area contributed by atoms with Crippen molar-refractivity contribution in [1.82, 2.24) is 0 Å². The Morgan fingerprint density at radius 3 is 2.15 bits per heavy atom. The number of aromatic hydroxyl groups is 1. The average Bonchev–Trinajstić information content (AvgIpc) is 2.54. The van der Waals surface area contributed by atoms with Crippen LogP contribution in [0.2, 0.25) is 0 Å². The smallest absolute Gasteiger partial charge is 0.115 e. The summed E-state index contributed by atoms with van der Waals surface area (Å²) in [6.45, 7) is 0. The number of hydrogen-bond acceptors (Lipinski definition) is 2. The van der Waals surface area contributed by atoms with Gasteiger partial charge < -0.3 is 10.8 Å². The summed E-state index contributed by atoms with van der Waals surface area (Å²) in [6.07, 6.45) is 4.57. The summed E-state index contributed by atoms with van der Waals surface area (Å²) in [5.41, 5.74) is 7.27. The fraction of sp³-hybridized carbons (Fsp3) is 0.455. The molecule has 1 aromatic rings. The average molecular weight is 177 g/mol. The van der Waals surface area contributed by atoms with Gasteiger partial charge in [-0.3, -0.25) is 0 Å². The van der Waals surface area contributed by atoms with Gasteiger partial charge >= 0.3 is 0 Å². The number of nitrogens with two attached hydrogens (primary N) is 1. The minimum Gasteiger partial charge on any atom is -0.508 e. The van der Waals surface area contributed by atoms with Crippen molar-refractivity contribution < 1.29 is 5.11 Å². The Morgan fingerprint density at radius 1 is 1.08 bits per heavy atom. The van der Waals surface area contributed by atoms with Gasteiger partial charge in [0.2, 0.25) is 0 Å². The van der Waals surface area contributed by atoms with Gasteiger partial charge in [0.25, 0.3) is 0 Å². The summed E-state index contributed by atoms with van der Waals surface area (Å²) in [7, 11) is 0. The molecular weight excluding hydrogens is 162 g/mol. The molecule has 0 saturated heterocycles. The molecule has 1 aliphatic carbocycles. The van der Waals surface area contributed by atoms with Crippen molar-refractivity contribution in [1.29, 1.82) is 0 Å². The maximum Gasteiger partial charge on any atom is 0.115 e. The Hall–Kier alpha value is -1.02. The van der Waals surface area contributed by atoms with Gasteiger partial charge in [0, 0.05) is 5.54 Å². The number of rotatable bonds is 1. The van der Waals surface area contributed by atoms with E-state index in [1.807, 2.05) is 12.1 Å². The second-order valence-electron chi connectivity index (χ2n) is 3.91. The lowest BCUT2D eigenvalue weighted by atomic mass is 9.89. The van der Waals surface area contributed by atoms with Crippen LogP contribution in [-0.2, 0) is 5.54 Å². The molecule has 70 valence electrons. The SMILES string of the molecule is NC1(c2ccc(O)cc2)CCCC1. The maximum absolute atomic E-state index is 9.14. The second kappa shape index (κ2) is 3.04. The van der Waals surface area contributed by atoms with Crippen LogP contribution >= 0.6 is 0 Å². The van der Waals surface area contributed by atoms with Gasteiger partial charge in [0.05, 0.1) is 0 Å². The van der Waals surface area contributed by atoms with E-state index in [1.165, 1.54) is 12.8 Å². The highest BCUT2D eigenvalue weighted by Gasteiger charge is 2.30. The van der Waals surface area contributed by atoms with Crippen LogP contribution in [0, 0.1) is 0 Å². The zero-order chi connectivity index (χ0) is 9.31. The Bertz CT molecular complexity index is 285. The molecule has 2 rings (SSSR count). The van der Waals surface area contributed by atoms with Crippen LogP contribution in [0.5, 0.6) is 5.75 Å². The molecule has 1 saturated carbocycles. The van der Waals surface area contributed by atoms with Crippen LogP contribution < -0.4 is 5.73 Å². The molecule has 0 aliphatic heterocycles. The van der Waals surface area contributed by atoms with Crippen molar-refractivity contribution >= 4 is 0 Å². The molecule has 0 atom stereocenters. The molecule has 0 amide bonds. The topological polar surface area (TPSA) is 46.2 Å². The number of hydrogen-bond donors (Lipinski definition) is 2. The highest BCUT2D eigenvalue weighted by molar-refractivity contribution is 5.31. The molecule has 0 heterocycles. The predicted octanol–water partition coefficient (Wildman–Crippen LogP) is 2.12. The third-order valence-electron chi connectivity index (χ3n) is 2.94. The first-order valence-electron chi connectivity index (χ1n) is 4.79. The van der Waals surface area contributed by atoms with E-state index in [9.17, 15) is 0 Å². The van der Waals surface area contributed by atoms with Gasteiger partial charge in [-0.05, 0) is 30.5 Å². The van der Waals surface area contributed by atoms with Gasteiger partial charge in [-0.1, -0.05) is 25.0 Å². The molecule has 2 heteroatoms. The summed E-state index contributed by atoms with van der Waals surface area (Å²) in [5.74, 6) is 0.311. The van der Waals surface area contributed by atoms with Gasteiger partial charge in [0.1, 0.15) is 5.75 Å². The summed E-state index contributed by atoms with van der Waals surface area (Å²) in [6, 6.07) is 7.28. The largest absolute Gasteiger partial charge is 0.508 e. The molecular formula is C11H15NO. The first-order chi connectivity index (χ1) is 6.21. The van der Waals surface area contributed by atoms with Crippen LogP contribution in [-0.4, -0.2) is 5.11 Å². The van der Waals surface area contributed by atoms with Crippen molar-refractivity contribution in [3.8, 4) is 5.75 Å². The van der Waals surface area contributed by atoms with Crippen LogP contribution in [0.3, 0.4) is 0 Å². The Labute approximate surface area is 78.4 Å². The fourth-order valence-corrected chi connectivity index (χ4v) is 2.09. The molecule has 1 aliphatic rings. The lowest BCUT2D eigenvalue weighted by Crippen LogP contribution is -2.32. The van der Waals surface area contributed by atoms with Crippen LogP contribution in [0.25, 0.3) is 0 Å². The van der Waals surface area contributed by atoms with Gasteiger partial charge in [0.15, 0.2) is 0 Å². The summed E-state index contributed by atoms with van der Waals surface area (Å²) >= 11 is 0. The van der Waals surface area contributed by atoms with Gasteiger partial charge in [-0.15, -0.1) is 0 Å². The molecule has 0 spiro atoms. The summed E-state index contributed by atoms with van der Waals surface area (Å²) in [5, 5.41) is 9.14. The second-order valence-corrected chi connectivity index (χ2v) is 3.91. The Morgan fingerprint density at radius 2 is 1.62 bits per heavy atom. The Balaban J connectivity index is 2.29. The maximum atomic E-state index is 9.14. The lowest BCUT2D eigenvalue weighted by Gasteiger charge is -2.23. The number of phenolic OH excluding ortho intramolecular Hbond substituents is 1. The lowest BCUT2D eigenvalue weighted by molar-refractivity contribution is 0.455. The van der Waals surface area contributed by atoms with Crippen LogP contribution in [0.4, 0.5) is 0 Å². The molecule has 0 unspecified atom stereocenters. The van der Waals surface area contributed by atoms with Crippen molar-refractivity contribution in [3.63, 3.8) is 0 Å². The zero-order valence-electron chi connectivity index (χ0n) is 7.66. The molecule has 0 bridgehead atoms. The fourth-order valence-electron chi connectivity index (χ4n) is 2.09. The number of benzene rings is 1. The van der Waals surface area contributed by atoms with E-state index in [-0.39, 0.29) is 5.54 Å². The molecule has 0 aromatic heterocycles. The van der Waals surface area contributed by atoms with E-state index in [0.29, 0.717) is 5.75 Å². The van der Waals surface area contributed by atoms with E-state index >= 15 is 0 Å². The molecule has 1 aromatic carbocycles. The predicted molar refractivity (Wildman–Crippen MR) is 52.4 cm³/mol. The highest BCUT2D eigenvalue weighted by atomic mass is 16.3. The molecule has 13 heavy (non-hydrogen) atoms. The quantitative estimate of drug-likeness (QED) is 0.690. The Kier molecular flexibility index (Phi) is 2.00. The van der Waals surface area contributed by atoms with Gasteiger partial charge in [-0.2, -0.15) is 0 Å². The van der Waals surface area contributed by atoms with Crippen molar-refractivity contribution in [2.45, 2.75) is 31.2 Å². The number of phenols is 1. The normalized spacial score (nSPS) is 20.4. The van der Waals surface area contributed by atoms with Crippen LogP contribution in [0.1, 0.15) is 31.2 Å². The highest BCUT2D eigenvalue weighted by Crippen LogP contribution is 2.36. The first-order valence-corrected chi connectivity index (χ1v) is 4.79. The van der Waals surface area contributed by atoms with E-state index in [2.05, 4.69) is 0 Å². The van der Waals surface area contributed by atoms with E-state index in [0.717, 1.165) is 18.4 Å². The van der Waals surface area contributed by atoms with Gasteiger partial charge in [-0.25, -0.2) is 0 Å². The summed E-state index contributed by atoms with van der Waals surface area (Å²) < 4.78 is 0. The molecule has 2 nitrogen and oxygen atoms in total. The van der Waals surface area contributed by atoms with Crippen molar-refractivity contribution in [3.05, 3.63) is 29.8 Å². The monoisotopic (exact) mass is 177 g/mol. The molecule has 1 fully saturated rings. The van der Waals surface area contributed by atoms with E-state index < -0.39 is 0 Å². The van der Waals surface area contributed by atoms with Crippen LogP contribution in [0.15, 0.2) is 24.3 Å². The standard InChI is InChI=1S/C11H15NO/c12-11(7-1-2-8-11)9-3-5-10(13)6-4-9/h3-6,13H,1-2,7-8,12H2. The summed E-state index contributed by atoms with van der Waals surface area (Å²) in [4.78, 5) is 0. The van der Waals surface area contributed by atoms with E-state index in [4.69, 9.17) is 10.8 Å². The molecule has 0 radical (unpaired) electrons. The minimum absolute atomic E-state index is 0.131. The minimum atomic E-state index is -0.131. The third kappa shape index (κ3) is 1.54. The first kappa shape index (κ1) is 8.57. The van der Waals surface area contributed by atoms with Crippen molar-refractivity contribution in [2.24, 2.45) is 5.73 Å². The van der Waals surface area contributed by atoms with E-state index in [1.54, 1.807) is 12.1 Å². The third-order valence-corrected chi connectivity index (χ3v) is 2.94. The molecule has 3 N–H and O–H groups in total. The zero-order valence-corrected chi connectivity index (χ0v) is 7.66. The van der Waals surface area contributed by atoms with Crippen molar-refractivity contribution in [2.75, 3.05) is 0 Å².